The average molecular weight is 237 g/mol. The summed E-state index contributed by atoms with van der Waals surface area (Å²) in [5.74, 6) is -0.779. The minimum absolute atomic E-state index is 0.0000954. The summed E-state index contributed by atoms with van der Waals surface area (Å²) in [5.41, 5.74) is 1.50. The Bertz CT molecular complexity index is 429. The number of carbonyl (C=O) groups excluding carboxylic acids is 2. The van der Waals surface area contributed by atoms with Crippen LogP contribution in [0.5, 0.6) is 0 Å². The third-order valence-electron chi connectivity index (χ3n) is 2.20. The predicted molar refractivity (Wildman–Crippen MR) is 62.9 cm³/mol. The maximum Gasteiger partial charge on any atom is 0.339 e. The number of aliphatic hydroxyl groups is 1. The van der Waals surface area contributed by atoms with E-state index in [0.717, 1.165) is 5.56 Å². The molecular weight excluding hydrogens is 222 g/mol. The van der Waals surface area contributed by atoms with Crippen LogP contribution in [-0.4, -0.2) is 30.7 Å². The lowest BCUT2D eigenvalue weighted by Crippen LogP contribution is -2.12. The molecule has 0 aromatic heterocycles. The molecule has 0 heterocycles. The fourth-order valence-corrected chi connectivity index (χ4v) is 1.45. The number of rotatable bonds is 4. The maximum absolute atomic E-state index is 11.5. The number of carbonyl (C=O) groups is 2. The van der Waals surface area contributed by atoms with E-state index in [1.54, 1.807) is 18.2 Å². The van der Waals surface area contributed by atoms with Gasteiger partial charge in [0.05, 0.1) is 18.4 Å². The Morgan fingerprint density at radius 2 is 2.12 bits per heavy atom. The van der Waals surface area contributed by atoms with Gasteiger partial charge in [-0.25, -0.2) is 4.79 Å². The van der Waals surface area contributed by atoms with Gasteiger partial charge >= 0.3 is 5.97 Å². The second kappa shape index (κ2) is 6.00. The molecule has 1 aromatic rings. The predicted octanol–water partition coefficient (Wildman–Crippen LogP) is 0.966. The normalized spacial score (nSPS) is 9.82. The highest BCUT2D eigenvalue weighted by atomic mass is 16.5. The number of benzene rings is 1. The molecule has 1 amide bonds. The van der Waals surface area contributed by atoms with Crippen LogP contribution >= 0.6 is 0 Å². The fraction of sp³-hybridized carbons (Fsp3) is 0.333. The minimum atomic E-state index is -0.520. The molecule has 2 N–H and O–H groups in total. The van der Waals surface area contributed by atoms with E-state index < -0.39 is 5.97 Å². The van der Waals surface area contributed by atoms with Gasteiger partial charge in [0.2, 0.25) is 5.91 Å². The lowest BCUT2D eigenvalue weighted by Gasteiger charge is -2.10. The molecule has 0 radical (unpaired) electrons. The summed E-state index contributed by atoms with van der Waals surface area (Å²) in [4.78, 5) is 22.5. The van der Waals surface area contributed by atoms with Gasteiger partial charge in [-0.1, -0.05) is 6.07 Å². The molecule has 0 unspecified atom stereocenters. The molecule has 0 fully saturated rings. The lowest BCUT2D eigenvalue weighted by atomic mass is 10.1. The average Bonchev–Trinajstić information content (AvgIpc) is 2.30. The van der Waals surface area contributed by atoms with Crippen molar-refractivity contribution in [3.05, 3.63) is 29.3 Å². The second-order valence-corrected chi connectivity index (χ2v) is 3.53. The Labute approximate surface area is 99.4 Å². The molecule has 1 aromatic carbocycles. The first kappa shape index (κ1) is 13.2. The molecule has 0 saturated carbocycles. The zero-order valence-electron chi connectivity index (χ0n) is 9.82. The topological polar surface area (TPSA) is 75.6 Å². The maximum atomic E-state index is 11.5. The smallest absolute Gasteiger partial charge is 0.339 e. The first-order valence-corrected chi connectivity index (χ1v) is 5.18. The molecule has 0 spiro atoms. The van der Waals surface area contributed by atoms with Gasteiger partial charge in [0.15, 0.2) is 0 Å². The fourth-order valence-electron chi connectivity index (χ4n) is 1.45. The van der Waals surface area contributed by atoms with Crippen molar-refractivity contribution >= 4 is 17.6 Å². The van der Waals surface area contributed by atoms with Crippen LogP contribution in [-0.2, 0) is 16.0 Å². The van der Waals surface area contributed by atoms with Crippen molar-refractivity contribution in [2.24, 2.45) is 0 Å². The van der Waals surface area contributed by atoms with E-state index in [2.05, 4.69) is 10.1 Å². The van der Waals surface area contributed by atoms with Crippen LogP contribution in [0.15, 0.2) is 18.2 Å². The highest BCUT2D eigenvalue weighted by molar-refractivity contribution is 6.00. The number of esters is 1. The molecule has 0 bridgehead atoms. The number of anilines is 1. The third kappa shape index (κ3) is 3.57. The van der Waals surface area contributed by atoms with Crippen LogP contribution in [0.25, 0.3) is 0 Å². The summed E-state index contributed by atoms with van der Waals surface area (Å²) >= 11 is 0. The van der Waals surface area contributed by atoms with Gasteiger partial charge < -0.3 is 15.2 Å². The Morgan fingerprint density at radius 3 is 2.65 bits per heavy atom. The van der Waals surface area contributed by atoms with E-state index in [1.807, 2.05) is 0 Å². The van der Waals surface area contributed by atoms with Crippen LogP contribution in [0.1, 0.15) is 22.8 Å². The highest BCUT2D eigenvalue weighted by Crippen LogP contribution is 2.19. The van der Waals surface area contributed by atoms with Crippen LogP contribution in [0.4, 0.5) is 5.69 Å². The molecule has 5 heteroatoms. The number of hydrogen-bond acceptors (Lipinski definition) is 4. The summed E-state index contributed by atoms with van der Waals surface area (Å²) in [6, 6.07) is 4.97. The summed E-state index contributed by atoms with van der Waals surface area (Å²) in [5, 5.41) is 11.4. The molecule has 0 aliphatic rings. The minimum Gasteiger partial charge on any atom is -0.465 e. The van der Waals surface area contributed by atoms with Crippen molar-refractivity contribution in [2.45, 2.75) is 13.3 Å². The van der Waals surface area contributed by atoms with Gasteiger partial charge in [0, 0.05) is 13.5 Å². The van der Waals surface area contributed by atoms with Crippen LogP contribution < -0.4 is 5.32 Å². The van der Waals surface area contributed by atoms with Gasteiger partial charge in [-0.3, -0.25) is 4.79 Å². The molecular formula is C12H15NO4. The number of aliphatic hydroxyl groups excluding tert-OH is 1. The Morgan fingerprint density at radius 1 is 1.41 bits per heavy atom. The van der Waals surface area contributed by atoms with Gasteiger partial charge in [-0.2, -0.15) is 0 Å². The zero-order valence-corrected chi connectivity index (χ0v) is 9.82. The molecule has 17 heavy (non-hydrogen) atoms. The third-order valence-corrected chi connectivity index (χ3v) is 2.20. The first-order chi connectivity index (χ1) is 8.08. The van der Waals surface area contributed by atoms with Gasteiger partial charge in [-0.05, 0) is 24.1 Å². The second-order valence-electron chi connectivity index (χ2n) is 3.53. The van der Waals surface area contributed by atoms with Crippen molar-refractivity contribution in [1.82, 2.24) is 0 Å². The number of methoxy groups -OCH3 is 1. The van der Waals surface area contributed by atoms with E-state index in [1.165, 1.54) is 14.0 Å². The number of hydrogen-bond donors (Lipinski definition) is 2. The molecule has 0 saturated heterocycles. The lowest BCUT2D eigenvalue weighted by molar-refractivity contribution is -0.114. The number of ether oxygens (including phenoxy) is 1. The summed E-state index contributed by atoms with van der Waals surface area (Å²) in [7, 11) is 1.28. The summed E-state index contributed by atoms with van der Waals surface area (Å²) < 4.78 is 4.64. The quantitative estimate of drug-likeness (QED) is 0.765. The van der Waals surface area contributed by atoms with Crippen LogP contribution in [0.3, 0.4) is 0 Å². The largest absolute Gasteiger partial charge is 0.465 e. The van der Waals surface area contributed by atoms with E-state index in [4.69, 9.17) is 5.11 Å². The van der Waals surface area contributed by atoms with Crippen molar-refractivity contribution in [3.8, 4) is 0 Å². The molecule has 5 nitrogen and oxygen atoms in total. The monoisotopic (exact) mass is 237 g/mol. The summed E-state index contributed by atoms with van der Waals surface area (Å²) in [6.45, 7) is 1.36. The Hall–Kier alpha value is -1.88. The standard InChI is InChI=1S/C12H15NO4/c1-8(15)13-11-4-3-9(5-6-14)7-10(11)12(16)17-2/h3-4,7,14H,5-6H2,1-2H3,(H,13,15). The molecule has 92 valence electrons. The van der Waals surface area contributed by atoms with Gasteiger partial charge in [0.25, 0.3) is 0 Å². The molecule has 0 aliphatic heterocycles. The van der Waals surface area contributed by atoms with Gasteiger partial charge in [-0.15, -0.1) is 0 Å². The number of amides is 1. The van der Waals surface area contributed by atoms with E-state index in [-0.39, 0.29) is 18.1 Å². The first-order valence-electron chi connectivity index (χ1n) is 5.18. The van der Waals surface area contributed by atoms with Crippen molar-refractivity contribution in [1.29, 1.82) is 0 Å². The molecule has 1 rings (SSSR count). The zero-order chi connectivity index (χ0) is 12.8. The van der Waals surface area contributed by atoms with Crippen molar-refractivity contribution < 1.29 is 19.4 Å². The summed E-state index contributed by atoms with van der Waals surface area (Å²) in [6.07, 6.45) is 0.449. The van der Waals surface area contributed by atoms with Crippen molar-refractivity contribution in [2.75, 3.05) is 19.0 Å². The molecule has 0 aliphatic carbocycles. The van der Waals surface area contributed by atoms with E-state index in [0.29, 0.717) is 12.1 Å². The van der Waals surface area contributed by atoms with E-state index in [9.17, 15) is 9.59 Å². The Balaban J connectivity index is 3.11. The van der Waals surface area contributed by atoms with Crippen molar-refractivity contribution in [3.63, 3.8) is 0 Å². The van der Waals surface area contributed by atoms with Gasteiger partial charge in [0.1, 0.15) is 0 Å². The van der Waals surface area contributed by atoms with E-state index >= 15 is 0 Å². The van der Waals surface area contributed by atoms with Crippen LogP contribution in [0, 0.1) is 0 Å². The SMILES string of the molecule is COC(=O)c1cc(CCO)ccc1NC(C)=O. The highest BCUT2D eigenvalue weighted by Gasteiger charge is 2.13. The Kier molecular flexibility index (Phi) is 4.66. The number of nitrogens with one attached hydrogen (secondary N) is 1. The molecule has 0 atom stereocenters. The van der Waals surface area contributed by atoms with Crippen LogP contribution in [0.2, 0.25) is 0 Å².